The number of hydrogen-bond acceptors (Lipinski definition) is 2. The highest BCUT2D eigenvalue weighted by Crippen LogP contribution is 2.31. The molecule has 1 nitrogen and oxygen atoms in total. The molecule has 0 aliphatic rings. The van der Waals surface area contributed by atoms with E-state index in [1.54, 1.807) is 11.3 Å². The van der Waals surface area contributed by atoms with Crippen LogP contribution in [0.15, 0.2) is 48.5 Å². The fraction of sp³-hybridized carbons (Fsp3) is 0. The molecular weight excluding hydrogens is 214 g/mol. The molecule has 77 valence electrons. The zero-order chi connectivity index (χ0) is 11.0. The Hall–Kier alpha value is -1.80. The lowest BCUT2D eigenvalue weighted by molar-refractivity contribution is 1.65. The summed E-state index contributed by atoms with van der Waals surface area (Å²) in [4.78, 5) is 0. The van der Waals surface area contributed by atoms with Crippen LogP contribution in [-0.4, -0.2) is 0 Å². The van der Waals surface area contributed by atoms with Crippen molar-refractivity contribution in [2.45, 2.75) is 0 Å². The van der Waals surface area contributed by atoms with Crippen molar-refractivity contribution in [3.05, 3.63) is 53.9 Å². The van der Waals surface area contributed by atoms with Gasteiger partial charge in [-0.15, -0.1) is 11.3 Å². The predicted molar refractivity (Wildman–Crippen MR) is 70.5 cm³/mol. The molecule has 1 radical (unpaired) electrons. The first-order valence-electron chi connectivity index (χ1n) is 5.09. The maximum absolute atomic E-state index is 5.81. The molecule has 0 saturated carbocycles. The van der Waals surface area contributed by atoms with Gasteiger partial charge in [0, 0.05) is 21.2 Å². The van der Waals surface area contributed by atoms with Gasteiger partial charge in [0.05, 0.1) is 0 Å². The summed E-state index contributed by atoms with van der Waals surface area (Å²) in [7, 11) is 0. The van der Waals surface area contributed by atoms with Gasteiger partial charge in [0.2, 0.25) is 0 Å². The topological polar surface area (TPSA) is 26.0 Å². The van der Waals surface area contributed by atoms with Crippen LogP contribution in [0.1, 0.15) is 0 Å². The van der Waals surface area contributed by atoms with Crippen LogP contribution in [0.4, 0.5) is 5.69 Å². The smallest absolute Gasteiger partial charge is 0.0455 e. The second kappa shape index (κ2) is 3.65. The third-order valence-corrected chi connectivity index (χ3v) is 3.45. The van der Waals surface area contributed by atoms with Gasteiger partial charge in [-0.3, -0.25) is 0 Å². The van der Waals surface area contributed by atoms with Crippen LogP contribution in [0.3, 0.4) is 0 Å². The number of fused-ring (bicyclic) bond motifs is 1. The van der Waals surface area contributed by atoms with Crippen LogP contribution >= 0.6 is 11.3 Å². The minimum Gasteiger partial charge on any atom is -0.399 e. The van der Waals surface area contributed by atoms with Crippen molar-refractivity contribution in [2.75, 3.05) is 5.73 Å². The van der Waals surface area contributed by atoms with Gasteiger partial charge < -0.3 is 5.73 Å². The zero-order valence-corrected chi connectivity index (χ0v) is 9.42. The Labute approximate surface area is 98.2 Å². The largest absolute Gasteiger partial charge is 0.399 e. The molecule has 0 atom stereocenters. The Bertz CT molecular complexity index is 640. The molecule has 0 aliphatic carbocycles. The monoisotopic (exact) mass is 224 g/mol. The van der Waals surface area contributed by atoms with E-state index in [0.29, 0.717) is 0 Å². The number of rotatable bonds is 1. The van der Waals surface area contributed by atoms with Crippen molar-refractivity contribution in [3.8, 4) is 11.1 Å². The molecule has 0 bridgehead atoms. The van der Waals surface area contributed by atoms with Gasteiger partial charge in [-0.1, -0.05) is 24.3 Å². The lowest BCUT2D eigenvalue weighted by Crippen LogP contribution is -1.85. The molecule has 3 rings (SSSR count). The summed E-state index contributed by atoms with van der Waals surface area (Å²) < 4.78 is 1.26. The van der Waals surface area contributed by atoms with Gasteiger partial charge in [0.1, 0.15) is 0 Å². The van der Waals surface area contributed by atoms with Crippen LogP contribution in [0, 0.1) is 5.38 Å². The van der Waals surface area contributed by atoms with Crippen molar-refractivity contribution in [2.24, 2.45) is 0 Å². The average molecular weight is 224 g/mol. The quantitative estimate of drug-likeness (QED) is 0.622. The summed E-state index contributed by atoms with van der Waals surface area (Å²) in [6.07, 6.45) is 0. The van der Waals surface area contributed by atoms with E-state index in [0.717, 1.165) is 11.3 Å². The van der Waals surface area contributed by atoms with E-state index in [-0.39, 0.29) is 0 Å². The van der Waals surface area contributed by atoms with E-state index >= 15 is 0 Å². The Morgan fingerprint density at radius 3 is 2.81 bits per heavy atom. The third-order valence-electron chi connectivity index (χ3n) is 2.64. The van der Waals surface area contributed by atoms with Crippen molar-refractivity contribution < 1.29 is 0 Å². The molecule has 2 heteroatoms. The summed E-state index contributed by atoms with van der Waals surface area (Å²) in [5, 5.41) is 4.42. The van der Waals surface area contributed by atoms with Gasteiger partial charge in [0.15, 0.2) is 0 Å². The lowest BCUT2D eigenvalue weighted by atomic mass is 10.0. The van der Waals surface area contributed by atoms with Crippen LogP contribution in [0.5, 0.6) is 0 Å². The zero-order valence-electron chi connectivity index (χ0n) is 8.60. The molecule has 0 fully saturated rings. The summed E-state index contributed by atoms with van der Waals surface area (Å²) in [5.74, 6) is 0. The van der Waals surface area contributed by atoms with Gasteiger partial charge >= 0.3 is 0 Å². The van der Waals surface area contributed by atoms with Crippen molar-refractivity contribution in [3.63, 3.8) is 0 Å². The predicted octanol–water partition coefficient (Wildman–Crippen LogP) is 3.95. The normalized spacial score (nSPS) is 10.8. The van der Waals surface area contributed by atoms with Crippen molar-refractivity contribution in [1.29, 1.82) is 0 Å². The molecule has 2 aromatic carbocycles. The minimum absolute atomic E-state index is 0.800. The molecular formula is C14H10NS. The number of benzene rings is 2. The summed E-state index contributed by atoms with van der Waals surface area (Å²) in [5.41, 5.74) is 9.00. The molecule has 1 heterocycles. The number of hydrogen-bond donors (Lipinski definition) is 1. The second-order valence-corrected chi connectivity index (χ2v) is 4.59. The molecule has 0 unspecified atom stereocenters. The maximum Gasteiger partial charge on any atom is 0.0455 e. The van der Waals surface area contributed by atoms with Crippen LogP contribution < -0.4 is 5.73 Å². The molecule has 0 amide bonds. The first-order chi connectivity index (χ1) is 7.84. The Balaban J connectivity index is 2.29. The highest BCUT2D eigenvalue weighted by Gasteiger charge is 2.04. The number of nitrogen functional groups attached to an aromatic ring is 1. The van der Waals surface area contributed by atoms with E-state index in [1.807, 2.05) is 24.3 Å². The summed E-state index contributed by atoms with van der Waals surface area (Å²) in [6.45, 7) is 0. The van der Waals surface area contributed by atoms with E-state index in [9.17, 15) is 0 Å². The average Bonchev–Trinajstić information content (AvgIpc) is 2.76. The highest BCUT2D eigenvalue weighted by molar-refractivity contribution is 7.16. The first-order valence-corrected chi connectivity index (χ1v) is 5.91. The molecule has 2 N–H and O–H groups in total. The van der Waals surface area contributed by atoms with E-state index in [4.69, 9.17) is 5.73 Å². The van der Waals surface area contributed by atoms with Crippen molar-refractivity contribution >= 4 is 27.1 Å². The van der Waals surface area contributed by atoms with Crippen LogP contribution in [0.2, 0.25) is 0 Å². The van der Waals surface area contributed by atoms with E-state index in [2.05, 4.69) is 29.6 Å². The Morgan fingerprint density at radius 1 is 1.06 bits per heavy atom. The molecule has 1 aromatic heterocycles. The number of nitrogens with two attached hydrogens (primary N) is 1. The highest BCUT2D eigenvalue weighted by atomic mass is 32.1. The lowest BCUT2D eigenvalue weighted by Gasteiger charge is -2.04. The Morgan fingerprint density at radius 2 is 1.94 bits per heavy atom. The molecule has 0 spiro atoms. The fourth-order valence-corrected chi connectivity index (χ4v) is 2.62. The SMILES string of the molecule is Nc1cccc(-c2cccc3s[c]cc23)c1. The van der Waals surface area contributed by atoms with Gasteiger partial charge in [-0.2, -0.15) is 0 Å². The fourth-order valence-electron chi connectivity index (χ4n) is 1.89. The minimum atomic E-state index is 0.800. The van der Waals surface area contributed by atoms with Crippen LogP contribution in [0.25, 0.3) is 21.2 Å². The maximum atomic E-state index is 5.81. The summed E-state index contributed by atoms with van der Waals surface area (Å²) >= 11 is 1.64. The van der Waals surface area contributed by atoms with Gasteiger partial charge in [-0.25, -0.2) is 0 Å². The molecule has 0 aliphatic heterocycles. The van der Waals surface area contributed by atoms with Crippen molar-refractivity contribution in [1.82, 2.24) is 0 Å². The number of thiophene rings is 1. The standard InChI is InChI=1S/C14H10NS/c15-11-4-1-3-10(9-11)12-5-2-6-14-13(12)7-8-16-14/h1-7,9H,15H2. The summed E-state index contributed by atoms with van der Waals surface area (Å²) in [6, 6.07) is 16.3. The number of anilines is 1. The van der Waals surface area contributed by atoms with Crippen LogP contribution in [-0.2, 0) is 0 Å². The Kier molecular flexibility index (Phi) is 2.15. The molecule has 16 heavy (non-hydrogen) atoms. The van der Waals surface area contributed by atoms with E-state index < -0.39 is 0 Å². The first kappa shape index (κ1) is 9.43. The third kappa shape index (κ3) is 1.48. The molecule has 3 aromatic rings. The second-order valence-electron chi connectivity index (χ2n) is 3.71. The molecule has 0 saturated heterocycles. The van der Waals surface area contributed by atoms with Gasteiger partial charge in [0.25, 0.3) is 0 Å². The van der Waals surface area contributed by atoms with E-state index in [1.165, 1.54) is 15.6 Å². The van der Waals surface area contributed by atoms with Gasteiger partial charge in [-0.05, 0) is 35.4 Å².